The van der Waals surface area contributed by atoms with Crippen LogP contribution in [0.4, 0.5) is 0 Å². The van der Waals surface area contributed by atoms with E-state index in [-0.39, 0.29) is 0 Å². The lowest BCUT2D eigenvalue weighted by atomic mass is 10.1. The minimum Gasteiger partial charge on any atom is -0.456 e. The van der Waals surface area contributed by atoms with Crippen LogP contribution in [-0.4, -0.2) is 13.0 Å². The van der Waals surface area contributed by atoms with Gasteiger partial charge in [0.15, 0.2) is 0 Å². The van der Waals surface area contributed by atoms with Crippen LogP contribution < -0.4 is 15.8 Å². The molecule has 3 N–H and O–H groups in total. The lowest BCUT2D eigenvalue weighted by Crippen LogP contribution is -2.12. The highest BCUT2D eigenvalue weighted by Gasteiger charge is 2.10. The monoisotopic (exact) mass is 256 g/mol. The molecule has 0 atom stereocenters. The second-order valence-electron chi connectivity index (χ2n) is 4.10. The molecule has 98 valence electrons. The number of benzene rings is 2. The van der Waals surface area contributed by atoms with Crippen molar-refractivity contribution in [3.05, 3.63) is 59.7 Å². The zero-order chi connectivity index (χ0) is 13.7. The van der Waals surface area contributed by atoms with Gasteiger partial charge in [0.2, 0.25) is 0 Å². The van der Waals surface area contributed by atoms with Gasteiger partial charge in [0.25, 0.3) is 5.91 Å². The molecule has 2 aromatic rings. The van der Waals surface area contributed by atoms with Crippen LogP contribution in [0.2, 0.25) is 0 Å². The zero-order valence-corrected chi connectivity index (χ0v) is 10.7. The standard InChI is InChI=1S/C15H16N2O2/c1-17-10-11-6-2-4-8-13(11)19-14-9-5-3-7-12(14)15(16)18/h2-9,17H,10H2,1H3,(H2,16,18). The third kappa shape index (κ3) is 3.11. The Morgan fingerprint density at radius 1 is 1.11 bits per heavy atom. The molecule has 1 amide bonds. The first-order chi connectivity index (χ1) is 9.22. The van der Waals surface area contributed by atoms with Crippen LogP contribution in [0.5, 0.6) is 11.5 Å². The average Bonchev–Trinajstić information content (AvgIpc) is 2.42. The van der Waals surface area contributed by atoms with Crippen LogP contribution in [0, 0.1) is 0 Å². The second kappa shape index (κ2) is 6.02. The topological polar surface area (TPSA) is 64.3 Å². The van der Waals surface area contributed by atoms with Crippen LogP contribution in [-0.2, 0) is 6.54 Å². The molecule has 4 nitrogen and oxygen atoms in total. The lowest BCUT2D eigenvalue weighted by molar-refractivity contribution is 0.0998. The molecule has 2 rings (SSSR count). The highest BCUT2D eigenvalue weighted by molar-refractivity contribution is 5.95. The molecule has 19 heavy (non-hydrogen) atoms. The van der Waals surface area contributed by atoms with E-state index >= 15 is 0 Å². The van der Waals surface area contributed by atoms with Crippen molar-refractivity contribution in [2.45, 2.75) is 6.54 Å². The van der Waals surface area contributed by atoms with Crippen LogP contribution in [0.15, 0.2) is 48.5 Å². The lowest BCUT2D eigenvalue weighted by Gasteiger charge is -2.12. The number of nitrogens with two attached hydrogens (primary N) is 1. The van der Waals surface area contributed by atoms with Crippen molar-refractivity contribution < 1.29 is 9.53 Å². The molecule has 0 heterocycles. The Balaban J connectivity index is 2.34. The van der Waals surface area contributed by atoms with Gasteiger partial charge in [-0.15, -0.1) is 0 Å². The molecule has 0 bridgehead atoms. The second-order valence-corrected chi connectivity index (χ2v) is 4.10. The van der Waals surface area contributed by atoms with Gasteiger partial charge in [-0.05, 0) is 25.2 Å². The summed E-state index contributed by atoms with van der Waals surface area (Å²) in [6.07, 6.45) is 0. The van der Waals surface area contributed by atoms with Crippen LogP contribution in [0.3, 0.4) is 0 Å². The normalized spacial score (nSPS) is 10.2. The van der Waals surface area contributed by atoms with Gasteiger partial charge >= 0.3 is 0 Å². The molecule has 0 aliphatic rings. The van der Waals surface area contributed by atoms with Crippen molar-refractivity contribution in [1.82, 2.24) is 5.32 Å². The van der Waals surface area contributed by atoms with Gasteiger partial charge in [-0.3, -0.25) is 4.79 Å². The van der Waals surface area contributed by atoms with Crippen LogP contribution in [0.1, 0.15) is 15.9 Å². The summed E-state index contributed by atoms with van der Waals surface area (Å²) in [5.41, 5.74) is 6.73. The van der Waals surface area contributed by atoms with Crippen molar-refractivity contribution >= 4 is 5.91 Å². The predicted molar refractivity (Wildman–Crippen MR) is 74.2 cm³/mol. The summed E-state index contributed by atoms with van der Waals surface area (Å²) in [7, 11) is 1.87. The summed E-state index contributed by atoms with van der Waals surface area (Å²) < 4.78 is 5.81. The summed E-state index contributed by atoms with van der Waals surface area (Å²) in [6, 6.07) is 14.6. The Morgan fingerprint density at radius 2 is 1.74 bits per heavy atom. The number of rotatable bonds is 5. The summed E-state index contributed by atoms with van der Waals surface area (Å²) in [5, 5.41) is 3.08. The largest absolute Gasteiger partial charge is 0.456 e. The summed E-state index contributed by atoms with van der Waals surface area (Å²) in [6.45, 7) is 0.689. The first-order valence-electron chi connectivity index (χ1n) is 6.01. The third-order valence-electron chi connectivity index (χ3n) is 2.71. The maximum absolute atomic E-state index is 11.4. The first-order valence-corrected chi connectivity index (χ1v) is 6.01. The van der Waals surface area contributed by atoms with E-state index in [1.165, 1.54) is 0 Å². The summed E-state index contributed by atoms with van der Waals surface area (Å²) >= 11 is 0. The molecule has 2 aromatic carbocycles. The van der Waals surface area contributed by atoms with Crippen molar-refractivity contribution in [2.75, 3.05) is 7.05 Å². The molecule has 4 heteroatoms. The molecule has 0 unspecified atom stereocenters. The first kappa shape index (κ1) is 13.1. The molecule has 0 saturated heterocycles. The van der Waals surface area contributed by atoms with E-state index in [0.29, 0.717) is 23.6 Å². The minimum absolute atomic E-state index is 0.377. The molecule has 0 saturated carbocycles. The highest BCUT2D eigenvalue weighted by atomic mass is 16.5. The van der Waals surface area contributed by atoms with Gasteiger partial charge in [-0.2, -0.15) is 0 Å². The smallest absolute Gasteiger partial charge is 0.252 e. The number of nitrogens with one attached hydrogen (secondary N) is 1. The van der Waals surface area contributed by atoms with E-state index < -0.39 is 5.91 Å². The quantitative estimate of drug-likeness (QED) is 0.862. The number of hydrogen-bond donors (Lipinski definition) is 2. The maximum Gasteiger partial charge on any atom is 0.252 e. The number of carbonyl (C=O) groups is 1. The Bertz CT molecular complexity index is 582. The number of amides is 1. The van der Waals surface area contributed by atoms with Gasteiger partial charge in [0, 0.05) is 12.1 Å². The van der Waals surface area contributed by atoms with E-state index in [1.54, 1.807) is 18.2 Å². The van der Waals surface area contributed by atoms with Crippen molar-refractivity contribution in [3.8, 4) is 11.5 Å². The fourth-order valence-electron chi connectivity index (χ4n) is 1.82. The average molecular weight is 256 g/mol. The maximum atomic E-state index is 11.4. The third-order valence-corrected chi connectivity index (χ3v) is 2.71. The van der Waals surface area contributed by atoms with Crippen molar-refractivity contribution in [3.63, 3.8) is 0 Å². The minimum atomic E-state index is -0.498. The van der Waals surface area contributed by atoms with E-state index in [4.69, 9.17) is 10.5 Å². The Hall–Kier alpha value is -2.33. The van der Waals surface area contributed by atoms with Gasteiger partial charge < -0.3 is 15.8 Å². The van der Waals surface area contributed by atoms with Crippen molar-refractivity contribution in [2.24, 2.45) is 5.73 Å². The van der Waals surface area contributed by atoms with Crippen LogP contribution in [0.25, 0.3) is 0 Å². The molecule has 0 spiro atoms. The van der Waals surface area contributed by atoms with E-state index in [0.717, 1.165) is 5.56 Å². The Morgan fingerprint density at radius 3 is 2.42 bits per heavy atom. The van der Waals surface area contributed by atoms with E-state index in [1.807, 2.05) is 37.4 Å². The number of primary amides is 1. The van der Waals surface area contributed by atoms with E-state index in [2.05, 4.69) is 5.32 Å². The molecule has 0 aromatic heterocycles. The summed E-state index contributed by atoms with van der Waals surface area (Å²) in [5.74, 6) is 0.686. The van der Waals surface area contributed by atoms with E-state index in [9.17, 15) is 4.79 Å². The number of carbonyl (C=O) groups excluding carboxylic acids is 1. The molecule has 0 aliphatic heterocycles. The SMILES string of the molecule is CNCc1ccccc1Oc1ccccc1C(N)=O. The van der Waals surface area contributed by atoms with Crippen LogP contribution >= 0.6 is 0 Å². The molecular weight excluding hydrogens is 240 g/mol. The summed E-state index contributed by atoms with van der Waals surface area (Å²) in [4.78, 5) is 11.4. The predicted octanol–water partition coefficient (Wildman–Crippen LogP) is 2.30. The number of hydrogen-bond acceptors (Lipinski definition) is 3. The Labute approximate surface area is 112 Å². The zero-order valence-electron chi connectivity index (χ0n) is 10.7. The number of para-hydroxylation sites is 2. The highest BCUT2D eigenvalue weighted by Crippen LogP contribution is 2.27. The van der Waals surface area contributed by atoms with Gasteiger partial charge in [0.1, 0.15) is 11.5 Å². The molecular formula is C15H16N2O2. The van der Waals surface area contributed by atoms with Gasteiger partial charge in [-0.1, -0.05) is 30.3 Å². The fraction of sp³-hybridized carbons (Fsp3) is 0.133. The van der Waals surface area contributed by atoms with Crippen molar-refractivity contribution in [1.29, 1.82) is 0 Å². The van der Waals surface area contributed by atoms with Gasteiger partial charge in [0.05, 0.1) is 5.56 Å². The Kier molecular flexibility index (Phi) is 4.15. The molecule has 0 fully saturated rings. The molecule has 0 aliphatic carbocycles. The number of ether oxygens (including phenoxy) is 1. The molecule has 0 radical (unpaired) electrons. The fourth-order valence-corrected chi connectivity index (χ4v) is 1.82. The van der Waals surface area contributed by atoms with Gasteiger partial charge in [-0.25, -0.2) is 0 Å².